The third-order valence-corrected chi connectivity index (χ3v) is 2.38. The minimum absolute atomic E-state index is 0. The summed E-state index contributed by atoms with van der Waals surface area (Å²) in [6.45, 7) is 6.62. The number of ether oxygens (including phenoxy) is 2. The molecule has 1 unspecified atom stereocenters. The van der Waals surface area contributed by atoms with Gasteiger partial charge < -0.3 is 20.4 Å². The van der Waals surface area contributed by atoms with Crippen LogP contribution in [0.2, 0.25) is 0 Å². The maximum absolute atomic E-state index is 8.49. The minimum atomic E-state index is 0. The van der Waals surface area contributed by atoms with Crippen LogP contribution < -0.4 is 5.84 Å². The second kappa shape index (κ2) is 15.8. The first-order chi connectivity index (χ1) is 8.74. The number of rotatable bonds is 11. The molecule has 0 heterocycles. The molecule has 0 rings (SSSR count). The average Bonchev–Trinajstić information content (AvgIpc) is 2.40. The van der Waals surface area contributed by atoms with E-state index in [0.717, 1.165) is 13.0 Å². The van der Waals surface area contributed by atoms with E-state index >= 15 is 0 Å². The van der Waals surface area contributed by atoms with E-state index in [1.54, 1.807) is 6.21 Å². The van der Waals surface area contributed by atoms with Crippen molar-refractivity contribution in [3.63, 3.8) is 0 Å². The Morgan fingerprint density at radius 1 is 1.32 bits per heavy atom. The third kappa shape index (κ3) is 13.9. The molecule has 0 aromatic carbocycles. The van der Waals surface area contributed by atoms with Crippen LogP contribution in [-0.4, -0.2) is 56.6 Å². The SMILES string of the molecule is CCC(C)CN=C/C(COCCOCCO)=N\N.[W]. The van der Waals surface area contributed by atoms with E-state index in [0.29, 0.717) is 38.1 Å². The summed E-state index contributed by atoms with van der Waals surface area (Å²) in [6.07, 6.45) is 2.76. The molecule has 0 bridgehead atoms. The predicted molar refractivity (Wildman–Crippen MR) is 73.2 cm³/mol. The number of aliphatic hydroxyl groups is 1. The number of hydrazone groups is 1. The molecule has 0 radical (unpaired) electrons. The van der Waals surface area contributed by atoms with Crippen molar-refractivity contribution in [2.75, 3.05) is 39.6 Å². The summed E-state index contributed by atoms with van der Waals surface area (Å²) in [5.41, 5.74) is 0.612. The molecule has 0 fully saturated rings. The topological polar surface area (TPSA) is 89.4 Å². The minimum Gasteiger partial charge on any atom is -0.394 e. The number of hydrogen-bond donors (Lipinski definition) is 2. The van der Waals surface area contributed by atoms with Gasteiger partial charge in [-0.25, -0.2) is 0 Å². The van der Waals surface area contributed by atoms with Crippen molar-refractivity contribution < 1.29 is 35.6 Å². The van der Waals surface area contributed by atoms with Crippen LogP contribution in [0.25, 0.3) is 0 Å². The van der Waals surface area contributed by atoms with Crippen LogP contribution in [-0.2, 0) is 30.5 Å². The van der Waals surface area contributed by atoms with E-state index in [2.05, 4.69) is 23.9 Å². The summed E-state index contributed by atoms with van der Waals surface area (Å²) in [7, 11) is 0. The van der Waals surface area contributed by atoms with Gasteiger partial charge in [0.2, 0.25) is 0 Å². The summed E-state index contributed by atoms with van der Waals surface area (Å²) < 4.78 is 10.4. The van der Waals surface area contributed by atoms with Crippen LogP contribution in [0.5, 0.6) is 0 Å². The first-order valence-electron chi connectivity index (χ1n) is 6.27. The van der Waals surface area contributed by atoms with Crippen LogP contribution in [0, 0.1) is 5.92 Å². The number of nitrogens with two attached hydrogens (primary N) is 1. The fraction of sp³-hybridized carbons (Fsp3) is 0.833. The zero-order chi connectivity index (χ0) is 13.6. The Hall–Kier alpha value is -0.292. The van der Waals surface area contributed by atoms with Crippen molar-refractivity contribution >= 4 is 11.9 Å². The maximum Gasteiger partial charge on any atom is 0.103 e. The summed E-state index contributed by atoms with van der Waals surface area (Å²) in [5, 5.41) is 12.1. The normalized spacial score (nSPS) is 13.5. The monoisotopic (exact) mass is 443 g/mol. The van der Waals surface area contributed by atoms with Crippen LogP contribution in [0.3, 0.4) is 0 Å². The van der Waals surface area contributed by atoms with Gasteiger partial charge in [-0.2, -0.15) is 5.10 Å². The van der Waals surface area contributed by atoms with E-state index in [9.17, 15) is 0 Å². The summed E-state index contributed by atoms with van der Waals surface area (Å²) >= 11 is 0. The first-order valence-corrected chi connectivity index (χ1v) is 6.27. The van der Waals surface area contributed by atoms with Crippen molar-refractivity contribution in [2.24, 2.45) is 21.9 Å². The van der Waals surface area contributed by atoms with Gasteiger partial charge in [0.15, 0.2) is 0 Å². The Morgan fingerprint density at radius 3 is 2.58 bits per heavy atom. The quantitative estimate of drug-likeness (QED) is 0.210. The van der Waals surface area contributed by atoms with E-state index in [1.165, 1.54) is 0 Å². The standard InChI is InChI=1S/C12H25N3O3.W/c1-3-11(2)8-14-9-12(15-13)10-18-7-6-17-5-4-16;/h9,11,16H,3-8,10,13H2,1-2H3;/b14-9?,15-12+;. The molecule has 0 aliphatic carbocycles. The van der Waals surface area contributed by atoms with Gasteiger partial charge in [0.25, 0.3) is 0 Å². The fourth-order valence-corrected chi connectivity index (χ4v) is 1.04. The van der Waals surface area contributed by atoms with Crippen molar-refractivity contribution in [2.45, 2.75) is 20.3 Å². The van der Waals surface area contributed by atoms with Gasteiger partial charge in [-0.15, -0.1) is 0 Å². The second-order valence-corrected chi connectivity index (χ2v) is 4.02. The van der Waals surface area contributed by atoms with Gasteiger partial charge in [-0.3, -0.25) is 4.99 Å². The zero-order valence-corrected chi connectivity index (χ0v) is 14.7. The van der Waals surface area contributed by atoms with E-state index in [-0.39, 0.29) is 27.7 Å². The molecule has 0 aromatic rings. The van der Waals surface area contributed by atoms with Crippen LogP contribution in [0.4, 0.5) is 0 Å². The molecule has 7 heteroatoms. The molecule has 0 spiro atoms. The van der Waals surface area contributed by atoms with Gasteiger partial charge in [-0.1, -0.05) is 20.3 Å². The Balaban J connectivity index is 0. The average molecular weight is 443 g/mol. The number of aliphatic hydroxyl groups excluding tert-OH is 1. The van der Waals surface area contributed by atoms with Crippen molar-refractivity contribution in [1.29, 1.82) is 0 Å². The molecular formula is C12H25N3O3W. The molecule has 0 aromatic heterocycles. The summed E-state index contributed by atoms with van der Waals surface area (Å²) in [4.78, 5) is 4.26. The summed E-state index contributed by atoms with van der Waals surface area (Å²) in [5.74, 6) is 5.80. The van der Waals surface area contributed by atoms with Gasteiger partial charge in [0.1, 0.15) is 5.71 Å². The molecule has 3 N–H and O–H groups in total. The molecule has 112 valence electrons. The van der Waals surface area contributed by atoms with Crippen molar-refractivity contribution in [3.05, 3.63) is 0 Å². The van der Waals surface area contributed by atoms with E-state index in [1.807, 2.05) is 0 Å². The molecular weight excluding hydrogens is 418 g/mol. The molecule has 0 saturated carbocycles. The Kier molecular flexibility index (Phi) is 17.4. The van der Waals surface area contributed by atoms with Crippen LogP contribution in [0.1, 0.15) is 20.3 Å². The smallest absolute Gasteiger partial charge is 0.103 e. The summed E-state index contributed by atoms with van der Waals surface area (Å²) in [6, 6.07) is 0. The maximum atomic E-state index is 8.49. The van der Waals surface area contributed by atoms with Gasteiger partial charge in [0.05, 0.1) is 33.0 Å². The zero-order valence-electron chi connectivity index (χ0n) is 11.7. The fourth-order valence-electron chi connectivity index (χ4n) is 1.04. The van der Waals surface area contributed by atoms with Crippen LogP contribution in [0.15, 0.2) is 10.1 Å². The Morgan fingerprint density at radius 2 is 2.00 bits per heavy atom. The van der Waals surface area contributed by atoms with Crippen molar-refractivity contribution in [3.8, 4) is 0 Å². The molecule has 0 saturated heterocycles. The second-order valence-electron chi connectivity index (χ2n) is 4.02. The predicted octanol–water partition coefficient (Wildman–Crippen LogP) is 0.441. The molecule has 0 aliphatic rings. The number of nitrogens with zero attached hydrogens (tertiary/aromatic N) is 2. The van der Waals surface area contributed by atoms with E-state index in [4.69, 9.17) is 20.4 Å². The number of aliphatic imine (C=N–C) groups is 1. The van der Waals surface area contributed by atoms with Gasteiger partial charge in [0, 0.05) is 33.8 Å². The number of hydrogen-bond acceptors (Lipinski definition) is 6. The Labute approximate surface area is 129 Å². The molecule has 19 heavy (non-hydrogen) atoms. The first kappa shape index (κ1) is 21.0. The molecule has 6 nitrogen and oxygen atoms in total. The molecule has 1 atom stereocenters. The van der Waals surface area contributed by atoms with Gasteiger partial charge in [-0.05, 0) is 5.92 Å². The Bertz CT molecular complexity index is 250. The molecule has 0 amide bonds. The third-order valence-electron chi connectivity index (χ3n) is 2.38. The van der Waals surface area contributed by atoms with Gasteiger partial charge >= 0.3 is 0 Å². The molecule has 0 aliphatic heterocycles. The van der Waals surface area contributed by atoms with E-state index < -0.39 is 0 Å². The van der Waals surface area contributed by atoms with Crippen molar-refractivity contribution in [1.82, 2.24) is 0 Å². The largest absolute Gasteiger partial charge is 0.394 e. The van der Waals surface area contributed by atoms with Crippen LogP contribution >= 0.6 is 0 Å².